The predicted molar refractivity (Wildman–Crippen MR) is 104 cm³/mol. The summed E-state index contributed by atoms with van der Waals surface area (Å²) in [7, 11) is 0. The molecule has 1 N–H and O–H groups in total. The molecule has 0 radical (unpaired) electrons. The van der Waals surface area contributed by atoms with Gasteiger partial charge in [-0.2, -0.15) is 0 Å². The van der Waals surface area contributed by atoms with E-state index in [9.17, 15) is 9.59 Å². The summed E-state index contributed by atoms with van der Waals surface area (Å²) < 4.78 is 11.5. The second-order valence-electron chi connectivity index (χ2n) is 7.55. The van der Waals surface area contributed by atoms with Crippen molar-refractivity contribution in [2.24, 2.45) is 0 Å². The van der Waals surface area contributed by atoms with Crippen molar-refractivity contribution >= 4 is 17.6 Å². The van der Waals surface area contributed by atoms with Crippen LogP contribution in [0.15, 0.2) is 30.3 Å². The number of piperazine rings is 1. The molecule has 0 bridgehead atoms. The molecule has 8 heteroatoms. The Morgan fingerprint density at radius 1 is 0.893 bits per heavy atom. The summed E-state index contributed by atoms with van der Waals surface area (Å²) in [6, 6.07) is 9.30. The molecular weight excluding hydrogens is 360 g/mol. The van der Waals surface area contributed by atoms with E-state index in [4.69, 9.17) is 9.47 Å². The van der Waals surface area contributed by atoms with Crippen LogP contribution in [0.5, 0.6) is 0 Å². The van der Waals surface area contributed by atoms with Crippen LogP contribution in [0.4, 0.5) is 10.5 Å². The Hall–Kier alpha value is -2.16. The van der Waals surface area contributed by atoms with E-state index in [1.54, 1.807) is 4.90 Å². The third kappa shape index (κ3) is 4.45. The number of carbonyl (C=O) groups excluding carboxylic acids is 2. The van der Waals surface area contributed by atoms with Crippen LogP contribution >= 0.6 is 0 Å². The lowest BCUT2D eigenvalue weighted by molar-refractivity contribution is -0.186. The third-order valence-corrected chi connectivity index (χ3v) is 5.73. The molecule has 0 aromatic heterocycles. The number of piperidine rings is 1. The SMILES string of the molecule is O=C(CN1CCC2(CC1)OCCO2)N1CCN(C(=O)Nc2ccccc2)CC1. The molecule has 0 unspecified atom stereocenters. The molecular formula is C20H28N4O4. The van der Waals surface area contributed by atoms with E-state index in [0.29, 0.717) is 45.9 Å². The highest BCUT2D eigenvalue weighted by Gasteiger charge is 2.40. The molecule has 0 atom stereocenters. The molecule has 1 aromatic rings. The molecule has 3 aliphatic rings. The van der Waals surface area contributed by atoms with Crippen molar-refractivity contribution in [1.82, 2.24) is 14.7 Å². The van der Waals surface area contributed by atoms with Crippen LogP contribution in [0, 0.1) is 0 Å². The summed E-state index contributed by atoms with van der Waals surface area (Å²) >= 11 is 0. The van der Waals surface area contributed by atoms with Crippen molar-refractivity contribution < 1.29 is 19.1 Å². The lowest BCUT2D eigenvalue weighted by Crippen LogP contribution is -2.54. The number of anilines is 1. The number of rotatable bonds is 3. The van der Waals surface area contributed by atoms with Gasteiger partial charge >= 0.3 is 6.03 Å². The van der Waals surface area contributed by atoms with Crippen molar-refractivity contribution in [3.05, 3.63) is 30.3 Å². The smallest absolute Gasteiger partial charge is 0.321 e. The van der Waals surface area contributed by atoms with E-state index in [-0.39, 0.29) is 11.9 Å². The minimum absolute atomic E-state index is 0.115. The number of benzene rings is 1. The van der Waals surface area contributed by atoms with Crippen molar-refractivity contribution in [2.45, 2.75) is 18.6 Å². The molecule has 3 fully saturated rings. The van der Waals surface area contributed by atoms with Gasteiger partial charge < -0.3 is 24.6 Å². The van der Waals surface area contributed by atoms with Crippen LogP contribution in [0.25, 0.3) is 0 Å². The van der Waals surface area contributed by atoms with Crippen LogP contribution in [0.2, 0.25) is 0 Å². The van der Waals surface area contributed by atoms with Crippen LogP contribution in [-0.2, 0) is 14.3 Å². The minimum Gasteiger partial charge on any atom is -0.347 e. The Bertz CT molecular complexity index is 675. The first-order valence-corrected chi connectivity index (χ1v) is 10.0. The zero-order valence-corrected chi connectivity index (χ0v) is 16.1. The van der Waals surface area contributed by atoms with Crippen LogP contribution < -0.4 is 5.32 Å². The van der Waals surface area contributed by atoms with E-state index in [1.807, 2.05) is 35.2 Å². The normalized spacial score (nSPS) is 22.4. The average molecular weight is 388 g/mol. The molecule has 152 valence electrons. The quantitative estimate of drug-likeness (QED) is 0.842. The molecule has 28 heavy (non-hydrogen) atoms. The number of para-hydroxylation sites is 1. The van der Waals surface area contributed by atoms with Gasteiger partial charge in [0.2, 0.25) is 5.91 Å². The Morgan fingerprint density at radius 2 is 1.50 bits per heavy atom. The van der Waals surface area contributed by atoms with Gasteiger partial charge in [0, 0.05) is 57.8 Å². The predicted octanol–water partition coefficient (Wildman–Crippen LogP) is 1.20. The Kier molecular flexibility index (Phi) is 5.79. The van der Waals surface area contributed by atoms with Crippen molar-refractivity contribution in [1.29, 1.82) is 0 Å². The van der Waals surface area contributed by atoms with E-state index >= 15 is 0 Å². The standard InChI is InChI=1S/C20H28N4O4/c25-18(16-22-8-6-20(7-9-22)27-14-15-28-20)23-10-12-24(13-11-23)19(26)21-17-4-2-1-3-5-17/h1-5H,6-16H2,(H,21,26). The number of nitrogens with one attached hydrogen (secondary N) is 1. The molecule has 0 aliphatic carbocycles. The van der Waals surface area contributed by atoms with Crippen molar-refractivity contribution in [3.63, 3.8) is 0 Å². The molecule has 1 aromatic carbocycles. The zero-order valence-electron chi connectivity index (χ0n) is 16.1. The molecule has 3 saturated heterocycles. The first-order valence-electron chi connectivity index (χ1n) is 10.0. The lowest BCUT2D eigenvalue weighted by Gasteiger charge is -2.39. The topological polar surface area (TPSA) is 74.4 Å². The summed E-state index contributed by atoms with van der Waals surface area (Å²) in [6.07, 6.45) is 1.63. The number of hydrogen-bond acceptors (Lipinski definition) is 5. The van der Waals surface area contributed by atoms with Crippen LogP contribution in [0.3, 0.4) is 0 Å². The summed E-state index contributed by atoms with van der Waals surface area (Å²) in [4.78, 5) is 30.8. The Morgan fingerprint density at radius 3 is 2.14 bits per heavy atom. The van der Waals surface area contributed by atoms with Gasteiger partial charge in [-0.25, -0.2) is 4.79 Å². The average Bonchev–Trinajstić information content (AvgIpc) is 3.19. The number of carbonyl (C=O) groups is 2. The van der Waals surface area contributed by atoms with Crippen LogP contribution in [-0.4, -0.2) is 91.5 Å². The Labute approximate surface area is 165 Å². The molecule has 8 nitrogen and oxygen atoms in total. The first-order chi connectivity index (χ1) is 13.6. The fourth-order valence-corrected chi connectivity index (χ4v) is 4.01. The van der Waals surface area contributed by atoms with Gasteiger partial charge in [-0.15, -0.1) is 0 Å². The maximum atomic E-state index is 12.6. The van der Waals surface area contributed by atoms with Crippen molar-refractivity contribution in [3.8, 4) is 0 Å². The Balaban J connectivity index is 1.19. The fourth-order valence-electron chi connectivity index (χ4n) is 4.01. The maximum Gasteiger partial charge on any atom is 0.321 e. The minimum atomic E-state index is -0.405. The van der Waals surface area contributed by atoms with Gasteiger partial charge in [-0.3, -0.25) is 9.69 Å². The summed E-state index contributed by atoms with van der Waals surface area (Å²) in [5.41, 5.74) is 0.782. The lowest BCUT2D eigenvalue weighted by atomic mass is 10.0. The molecule has 0 saturated carbocycles. The fraction of sp³-hybridized carbons (Fsp3) is 0.600. The molecule has 1 spiro atoms. The van der Waals surface area contributed by atoms with Gasteiger partial charge in [0.15, 0.2) is 5.79 Å². The number of nitrogens with zero attached hydrogens (tertiary/aromatic N) is 3. The summed E-state index contributed by atoms with van der Waals surface area (Å²) in [5.74, 6) is -0.274. The van der Waals surface area contributed by atoms with Gasteiger partial charge in [0.05, 0.1) is 19.8 Å². The van der Waals surface area contributed by atoms with E-state index < -0.39 is 5.79 Å². The maximum absolute atomic E-state index is 12.6. The summed E-state index contributed by atoms with van der Waals surface area (Å²) in [5, 5.41) is 2.90. The number of likely N-dealkylation sites (tertiary alicyclic amines) is 1. The van der Waals surface area contributed by atoms with Gasteiger partial charge in [0.25, 0.3) is 0 Å². The monoisotopic (exact) mass is 388 g/mol. The van der Waals surface area contributed by atoms with E-state index in [0.717, 1.165) is 31.6 Å². The summed E-state index contributed by atoms with van der Waals surface area (Å²) in [6.45, 7) is 5.63. The number of ether oxygens (including phenoxy) is 2. The first kappa shape index (κ1) is 19.2. The number of amides is 3. The molecule has 3 aliphatic heterocycles. The van der Waals surface area contributed by atoms with Gasteiger partial charge in [0.1, 0.15) is 0 Å². The largest absolute Gasteiger partial charge is 0.347 e. The third-order valence-electron chi connectivity index (χ3n) is 5.73. The molecule has 4 rings (SSSR count). The highest BCUT2D eigenvalue weighted by atomic mass is 16.7. The highest BCUT2D eigenvalue weighted by molar-refractivity contribution is 5.89. The number of urea groups is 1. The van der Waals surface area contributed by atoms with Gasteiger partial charge in [-0.1, -0.05) is 18.2 Å². The molecule has 3 heterocycles. The molecule has 3 amide bonds. The second kappa shape index (κ2) is 8.46. The van der Waals surface area contributed by atoms with Crippen molar-refractivity contribution in [2.75, 3.05) is 64.3 Å². The number of hydrogen-bond donors (Lipinski definition) is 1. The van der Waals surface area contributed by atoms with E-state index in [2.05, 4.69) is 10.2 Å². The zero-order chi connectivity index (χ0) is 19.4. The van der Waals surface area contributed by atoms with E-state index in [1.165, 1.54) is 0 Å². The van der Waals surface area contributed by atoms with Crippen LogP contribution in [0.1, 0.15) is 12.8 Å². The second-order valence-corrected chi connectivity index (χ2v) is 7.55. The van der Waals surface area contributed by atoms with Gasteiger partial charge in [-0.05, 0) is 12.1 Å². The highest BCUT2D eigenvalue weighted by Crippen LogP contribution is 2.31.